The van der Waals surface area contributed by atoms with Crippen LogP contribution in [0.3, 0.4) is 0 Å². The van der Waals surface area contributed by atoms with Crippen LogP contribution in [0.2, 0.25) is 0 Å². The summed E-state index contributed by atoms with van der Waals surface area (Å²) in [7, 11) is 1.33. The predicted octanol–water partition coefficient (Wildman–Crippen LogP) is 2.13. The zero-order valence-corrected chi connectivity index (χ0v) is 13.0. The fourth-order valence-corrected chi connectivity index (χ4v) is 3.23. The van der Waals surface area contributed by atoms with Gasteiger partial charge in [-0.1, -0.05) is 13.8 Å². The van der Waals surface area contributed by atoms with Crippen LogP contribution in [0.5, 0.6) is 0 Å². The van der Waals surface area contributed by atoms with E-state index in [1.807, 2.05) is 6.92 Å². The van der Waals surface area contributed by atoms with Gasteiger partial charge in [-0.05, 0) is 24.9 Å². The number of methoxy groups -OCH3 is 1. The van der Waals surface area contributed by atoms with Gasteiger partial charge in [-0.3, -0.25) is 0 Å². The third-order valence-corrected chi connectivity index (χ3v) is 4.75. The second-order valence-electron chi connectivity index (χ2n) is 5.46. The summed E-state index contributed by atoms with van der Waals surface area (Å²) in [5, 5.41) is 4.03. The molecule has 0 amide bonds. The minimum absolute atomic E-state index is 0.00213. The number of nitrogens with two attached hydrogens (primary N) is 1. The van der Waals surface area contributed by atoms with Gasteiger partial charge in [0.25, 0.3) is 0 Å². The van der Waals surface area contributed by atoms with Gasteiger partial charge in [0.15, 0.2) is 5.82 Å². The zero-order valence-electron chi connectivity index (χ0n) is 12.2. The number of aromatic nitrogens is 1. The van der Waals surface area contributed by atoms with Crippen molar-refractivity contribution in [3.63, 3.8) is 0 Å². The lowest BCUT2D eigenvalue weighted by molar-refractivity contribution is -0.0975. The van der Waals surface area contributed by atoms with Gasteiger partial charge in [-0.25, -0.2) is 4.79 Å². The van der Waals surface area contributed by atoms with Gasteiger partial charge in [-0.2, -0.15) is 4.37 Å². The monoisotopic (exact) mass is 299 g/mol. The van der Waals surface area contributed by atoms with Gasteiger partial charge >= 0.3 is 5.97 Å². The van der Waals surface area contributed by atoms with Gasteiger partial charge in [0.05, 0.1) is 13.2 Å². The first-order valence-electron chi connectivity index (χ1n) is 6.63. The van der Waals surface area contributed by atoms with Crippen molar-refractivity contribution in [1.29, 1.82) is 0 Å². The number of ether oxygens (including phenoxy) is 2. The Morgan fingerprint density at radius 2 is 2.30 bits per heavy atom. The summed E-state index contributed by atoms with van der Waals surface area (Å²) in [6.07, 6.45) is 1.14. The topological polar surface area (TPSA) is 86.5 Å². The van der Waals surface area contributed by atoms with Gasteiger partial charge in [0.1, 0.15) is 10.6 Å². The molecule has 2 rings (SSSR count). The molecule has 1 heterocycles. The molecule has 1 aliphatic rings. The largest absolute Gasteiger partial charge is 0.465 e. The molecule has 2 unspecified atom stereocenters. The van der Waals surface area contributed by atoms with Crippen molar-refractivity contribution in [2.24, 2.45) is 5.41 Å². The van der Waals surface area contributed by atoms with Crippen LogP contribution in [0.4, 0.5) is 10.8 Å². The minimum atomic E-state index is -0.461. The maximum absolute atomic E-state index is 11.7. The quantitative estimate of drug-likeness (QED) is 0.810. The van der Waals surface area contributed by atoms with Crippen LogP contribution in [0.1, 0.15) is 37.6 Å². The molecule has 1 aromatic heterocycles. The summed E-state index contributed by atoms with van der Waals surface area (Å²) in [4.78, 5) is 11.7. The Balaban J connectivity index is 2.11. The van der Waals surface area contributed by atoms with E-state index in [2.05, 4.69) is 23.5 Å². The number of anilines is 2. The molecule has 1 aliphatic carbocycles. The zero-order chi connectivity index (χ0) is 14.9. The number of nitrogens with zero attached hydrogens (tertiary/aromatic N) is 1. The van der Waals surface area contributed by atoms with E-state index in [0.717, 1.165) is 6.42 Å². The lowest BCUT2D eigenvalue weighted by Gasteiger charge is -2.51. The molecule has 6 nitrogen and oxygen atoms in total. The Labute approximate surface area is 122 Å². The molecule has 1 saturated carbocycles. The molecule has 1 aromatic rings. The maximum Gasteiger partial charge on any atom is 0.344 e. The highest BCUT2D eigenvalue weighted by atomic mass is 32.1. The van der Waals surface area contributed by atoms with Crippen molar-refractivity contribution >= 4 is 28.3 Å². The van der Waals surface area contributed by atoms with Crippen LogP contribution in [0.25, 0.3) is 0 Å². The normalized spacial score (nSPS) is 24.0. The second-order valence-corrected chi connectivity index (χ2v) is 6.23. The molecule has 0 saturated heterocycles. The van der Waals surface area contributed by atoms with E-state index in [1.54, 1.807) is 0 Å². The SMILES string of the molecule is CCOC1CC(Nc2snc(N)c2C(=O)OC)C1(C)C. The first-order chi connectivity index (χ1) is 9.41. The van der Waals surface area contributed by atoms with E-state index in [9.17, 15) is 4.79 Å². The molecule has 112 valence electrons. The smallest absolute Gasteiger partial charge is 0.344 e. The van der Waals surface area contributed by atoms with E-state index >= 15 is 0 Å². The van der Waals surface area contributed by atoms with E-state index < -0.39 is 5.97 Å². The number of hydrogen-bond acceptors (Lipinski definition) is 7. The van der Waals surface area contributed by atoms with Crippen molar-refractivity contribution in [2.75, 3.05) is 24.8 Å². The number of rotatable bonds is 5. The fourth-order valence-electron chi connectivity index (χ4n) is 2.47. The van der Waals surface area contributed by atoms with E-state index in [1.165, 1.54) is 18.6 Å². The van der Waals surface area contributed by atoms with Crippen molar-refractivity contribution in [1.82, 2.24) is 4.37 Å². The number of esters is 1. The molecule has 0 bridgehead atoms. The molecule has 1 fully saturated rings. The second kappa shape index (κ2) is 5.57. The highest BCUT2D eigenvalue weighted by molar-refractivity contribution is 7.11. The van der Waals surface area contributed by atoms with Gasteiger partial charge in [0.2, 0.25) is 0 Å². The first kappa shape index (κ1) is 15.1. The number of nitrogens with one attached hydrogen (secondary N) is 1. The van der Waals surface area contributed by atoms with Crippen LogP contribution in [-0.2, 0) is 9.47 Å². The van der Waals surface area contributed by atoms with Gasteiger partial charge in [0, 0.05) is 18.1 Å². The first-order valence-corrected chi connectivity index (χ1v) is 7.40. The number of hydrogen-bond donors (Lipinski definition) is 2. The molecule has 0 aromatic carbocycles. The Morgan fingerprint density at radius 3 is 2.85 bits per heavy atom. The number of carbonyl (C=O) groups is 1. The summed E-state index contributed by atoms with van der Waals surface area (Å²) in [6.45, 7) is 7.01. The highest BCUT2D eigenvalue weighted by Crippen LogP contribution is 2.45. The van der Waals surface area contributed by atoms with Crippen molar-refractivity contribution in [3.8, 4) is 0 Å². The third kappa shape index (κ3) is 2.47. The molecule has 3 N–H and O–H groups in total. The Morgan fingerprint density at radius 1 is 1.60 bits per heavy atom. The minimum Gasteiger partial charge on any atom is -0.465 e. The molecular weight excluding hydrogens is 278 g/mol. The van der Waals surface area contributed by atoms with E-state index in [0.29, 0.717) is 17.2 Å². The summed E-state index contributed by atoms with van der Waals surface area (Å²) in [5.74, 6) is -0.250. The molecule has 0 radical (unpaired) electrons. The molecular formula is C13H21N3O3S. The van der Waals surface area contributed by atoms with Gasteiger partial charge in [-0.15, -0.1) is 0 Å². The van der Waals surface area contributed by atoms with Crippen molar-refractivity contribution in [2.45, 2.75) is 39.3 Å². The van der Waals surface area contributed by atoms with E-state index in [-0.39, 0.29) is 23.4 Å². The Bertz CT molecular complexity index is 501. The average molecular weight is 299 g/mol. The van der Waals surface area contributed by atoms with Crippen molar-refractivity contribution < 1.29 is 14.3 Å². The Hall–Kier alpha value is -1.34. The van der Waals surface area contributed by atoms with E-state index in [4.69, 9.17) is 15.2 Å². The van der Waals surface area contributed by atoms with Crippen LogP contribution >= 0.6 is 11.5 Å². The van der Waals surface area contributed by atoms with Crippen LogP contribution < -0.4 is 11.1 Å². The lowest BCUT2D eigenvalue weighted by Crippen LogP contribution is -2.58. The standard InChI is InChI=1S/C13H21N3O3S/c1-5-19-8-6-7(13(8,2)3)15-11-9(12(17)18-4)10(14)16-20-11/h7-8,15H,5-6H2,1-4H3,(H2,14,16). The van der Waals surface area contributed by atoms with Crippen LogP contribution in [0.15, 0.2) is 0 Å². The van der Waals surface area contributed by atoms with Crippen molar-refractivity contribution in [3.05, 3.63) is 5.56 Å². The third-order valence-electron chi connectivity index (χ3n) is 3.96. The fraction of sp³-hybridized carbons (Fsp3) is 0.692. The van der Waals surface area contributed by atoms with Crippen LogP contribution in [0, 0.1) is 5.41 Å². The summed E-state index contributed by atoms with van der Waals surface area (Å²) < 4.78 is 14.5. The van der Waals surface area contributed by atoms with Crippen LogP contribution in [-0.4, -0.2) is 36.2 Å². The molecule has 2 atom stereocenters. The summed E-state index contributed by atoms with van der Waals surface area (Å²) in [6, 6.07) is 0.224. The number of carbonyl (C=O) groups excluding carboxylic acids is 1. The number of nitrogen functional groups attached to an aromatic ring is 1. The highest BCUT2D eigenvalue weighted by Gasteiger charge is 2.49. The predicted molar refractivity (Wildman–Crippen MR) is 79.1 cm³/mol. The van der Waals surface area contributed by atoms with Gasteiger partial charge < -0.3 is 20.5 Å². The summed E-state index contributed by atoms with van der Waals surface area (Å²) >= 11 is 1.19. The lowest BCUT2D eigenvalue weighted by atomic mass is 9.64. The summed E-state index contributed by atoms with van der Waals surface area (Å²) in [5.41, 5.74) is 6.06. The maximum atomic E-state index is 11.7. The molecule has 20 heavy (non-hydrogen) atoms. The molecule has 0 spiro atoms. The molecule has 0 aliphatic heterocycles. The molecule has 7 heteroatoms. The average Bonchev–Trinajstić information content (AvgIpc) is 2.78. The Kier molecular flexibility index (Phi) is 4.19.